The average Bonchev–Trinajstić information content (AvgIpc) is 2.46. The quantitative estimate of drug-likeness (QED) is 0.826. The van der Waals surface area contributed by atoms with Crippen molar-refractivity contribution in [3.63, 3.8) is 0 Å². The second kappa shape index (κ2) is 6.47. The van der Waals surface area contributed by atoms with E-state index in [2.05, 4.69) is 10.3 Å². The lowest BCUT2D eigenvalue weighted by Gasteiger charge is -2.22. The number of aromatic nitrogens is 1. The highest BCUT2D eigenvalue weighted by atomic mass is 16.5. The van der Waals surface area contributed by atoms with Crippen LogP contribution in [0.1, 0.15) is 28.9 Å². The summed E-state index contributed by atoms with van der Waals surface area (Å²) in [6.07, 6.45) is 3.53. The lowest BCUT2D eigenvalue weighted by molar-refractivity contribution is 0.0642. The number of carbonyl (C=O) groups excluding carboxylic acids is 1. The van der Waals surface area contributed by atoms with Crippen LogP contribution in [0.2, 0.25) is 0 Å². The van der Waals surface area contributed by atoms with Gasteiger partial charge in [0.15, 0.2) is 0 Å². The molecule has 1 aromatic heterocycles. The number of hydrogen-bond acceptors (Lipinski definition) is 4. The van der Waals surface area contributed by atoms with Crippen LogP contribution in [0.4, 0.5) is 0 Å². The molecule has 1 fully saturated rings. The molecule has 0 saturated carbocycles. The molecule has 1 saturated heterocycles. The van der Waals surface area contributed by atoms with Gasteiger partial charge in [-0.2, -0.15) is 0 Å². The van der Waals surface area contributed by atoms with Gasteiger partial charge >= 0.3 is 0 Å². The lowest BCUT2D eigenvalue weighted by Crippen LogP contribution is -2.32. The van der Waals surface area contributed by atoms with E-state index in [0.29, 0.717) is 23.7 Å². The molecule has 0 bridgehead atoms. The molecule has 18 heavy (non-hydrogen) atoms. The summed E-state index contributed by atoms with van der Waals surface area (Å²) in [5.74, 6) is 0.389. The maximum absolute atomic E-state index is 11.9. The first kappa shape index (κ1) is 13.0. The summed E-state index contributed by atoms with van der Waals surface area (Å²) in [6, 6.07) is 3.26. The van der Waals surface area contributed by atoms with Gasteiger partial charge in [0.25, 0.3) is 5.91 Å². The van der Waals surface area contributed by atoms with Crippen LogP contribution in [0.5, 0.6) is 0 Å². The summed E-state index contributed by atoms with van der Waals surface area (Å²) in [5.41, 5.74) is 1.05. The van der Waals surface area contributed by atoms with Crippen molar-refractivity contribution in [3.05, 3.63) is 29.6 Å². The van der Waals surface area contributed by atoms with Crippen molar-refractivity contribution < 1.29 is 14.6 Å². The number of aliphatic hydroxyl groups excluding tert-OH is 1. The van der Waals surface area contributed by atoms with Crippen molar-refractivity contribution in [2.24, 2.45) is 5.92 Å². The van der Waals surface area contributed by atoms with Crippen molar-refractivity contribution in [1.82, 2.24) is 10.3 Å². The zero-order valence-electron chi connectivity index (χ0n) is 10.3. The monoisotopic (exact) mass is 250 g/mol. The number of hydrogen-bond donors (Lipinski definition) is 2. The number of amides is 1. The first-order chi connectivity index (χ1) is 8.79. The van der Waals surface area contributed by atoms with Crippen molar-refractivity contribution in [2.45, 2.75) is 19.4 Å². The Labute approximate surface area is 106 Å². The molecule has 0 aromatic carbocycles. The molecule has 0 aliphatic carbocycles. The van der Waals surface area contributed by atoms with Crippen LogP contribution in [0.3, 0.4) is 0 Å². The molecule has 5 heteroatoms. The SMILES string of the molecule is O=C(NCC1CCOCC1)c1ccnc(CO)c1. The summed E-state index contributed by atoms with van der Waals surface area (Å²) in [5, 5.41) is 11.9. The van der Waals surface area contributed by atoms with E-state index in [4.69, 9.17) is 9.84 Å². The van der Waals surface area contributed by atoms with Gasteiger partial charge in [-0.1, -0.05) is 0 Å². The van der Waals surface area contributed by atoms with E-state index in [9.17, 15) is 4.79 Å². The first-order valence-electron chi connectivity index (χ1n) is 6.21. The minimum atomic E-state index is -0.152. The predicted molar refractivity (Wildman–Crippen MR) is 66.0 cm³/mol. The van der Waals surface area contributed by atoms with E-state index in [1.807, 2.05) is 0 Å². The molecular weight excluding hydrogens is 232 g/mol. The first-order valence-corrected chi connectivity index (χ1v) is 6.21. The molecule has 2 rings (SSSR count). The fourth-order valence-corrected chi connectivity index (χ4v) is 2.00. The molecule has 0 unspecified atom stereocenters. The predicted octanol–water partition coefficient (Wildman–Crippen LogP) is 0.730. The standard InChI is InChI=1S/C13H18N2O3/c16-9-12-7-11(1-4-14-12)13(17)15-8-10-2-5-18-6-3-10/h1,4,7,10,16H,2-3,5-6,8-9H2,(H,15,17). The van der Waals surface area contributed by atoms with E-state index in [-0.39, 0.29) is 12.5 Å². The molecule has 1 aliphatic heterocycles. The lowest BCUT2D eigenvalue weighted by atomic mass is 10.0. The van der Waals surface area contributed by atoms with E-state index in [1.54, 1.807) is 12.1 Å². The van der Waals surface area contributed by atoms with Gasteiger partial charge in [-0.25, -0.2) is 0 Å². The van der Waals surface area contributed by atoms with Crippen LogP contribution in [0, 0.1) is 5.92 Å². The molecular formula is C13H18N2O3. The molecule has 2 heterocycles. The van der Waals surface area contributed by atoms with Gasteiger partial charge in [-0.05, 0) is 30.9 Å². The maximum Gasteiger partial charge on any atom is 0.251 e. The number of carbonyl (C=O) groups is 1. The average molecular weight is 250 g/mol. The van der Waals surface area contributed by atoms with Gasteiger partial charge in [0.05, 0.1) is 12.3 Å². The van der Waals surface area contributed by atoms with Gasteiger partial charge in [-0.3, -0.25) is 9.78 Å². The van der Waals surface area contributed by atoms with E-state index in [0.717, 1.165) is 26.1 Å². The van der Waals surface area contributed by atoms with E-state index < -0.39 is 0 Å². The highest BCUT2D eigenvalue weighted by Gasteiger charge is 2.15. The fraction of sp³-hybridized carbons (Fsp3) is 0.538. The van der Waals surface area contributed by atoms with Gasteiger partial charge in [0, 0.05) is 31.5 Å². The Kier molecular flexibility index (Phi) is 4.66. The zero-order chi connectivity index (χ0) is 12.8. The van der Waals surface area contributed by atoms with Crippen molar-refractivity contribution >= 4 is 5.91 Å². The maximum atomic E-state index is 11.9. The molecule has 0 atom stereocenters. The second-order valence-electron chi connectivity index (χ2n) is 4.46. The Bertz CT molecular complexity index is 403. The van der Waals surface area contributed by atoms with Crippen molar-refractivity contribution in [3.8, 4) is 0 Å². The molecule has 98 valence electrons. The van der Waals surface area contributed by atoms with Crippen LogP contribution in [-0.4, -0.2) is 35.8 Å². The van der Waals surface area contributed by atoms with Crippen molar-refractivity contribution in [2.75, 3.05) is 19.8 Å². The molecule has 1 amide bonds. The Balaban J connectivity index is 1.86. The normalized spacial score (nSPS) is 16.5. The fourth-order valence-electron chi connectivity index (χ4n) is 2.00. The highest BCUT2D eigenvalue weighted by Crippen LogP contribution is 2.13. The van der Waals surface area contributed by atoms with E-state index >= 15 is 0 Å². The summed E-state index contributed by atoms with van der Waals surface area (Å²) in [4.78, 5) is 15.8. The van der Waals surface area contributed by atoms with Gasteiger partial charge in [0.2, 0.25) is 0 Å². The summed E-state index contributed by atoms with van der Waals surface area (Å²) < 4.78 is 5.27. The molecule has 0 spiro atoms. The van der Waals surface area contributed by atoms with Gasteiger partial charge in [-0.15, -0.1) is 0 Å². The van der Waals surface area contributed by atoms with Crippen molar-refractivity contribution in [1.29, 1.82) is 0 Å². The number of pyridine rings is 1. The largest absolute Gasteiger partial charge is 0.390 e. The number of aliphatic hydroxyl groups is 1. The Morgan fingerprint density at radius 1 is 1.50 bits per heavy atom. The minimum Gasteiger partial charge on any atom is -0.390 e. The van der Waals surface area contributed by atoms with Gasteiger partial charge in [0.1, 0.15) is 0 Å². The Morgan fingerprint density at radius 2 is 2.28 bits per heavy atom. The van der Waals surface area contributed by atoms with Crippen LogP contribution < -0.4 is 5.32 Å². The van der Waals surface area contributed by atoms with Crippen LogP contribution in [0.15, 0.2) is 18.3 Å². The number of rotatable bonds is 4. The summed E-state index contributed by atoms with van der Waals surface area (Å²) in [7, 11) is 0. The smallest absolute Gasteiger partial charge is 0.251 e. The number of nitrogens with one attached hydrogen (secondary N) is 1. The second-order valence-corrected chi connectivity index (χ2v) is 4.46. The third-order valence-electron chi connectivity index (χ3n) is 3.13. The number of nitrogens with zero attached hydrogens (tertiary/aromatic N) is 1. The number of ether oxygens (including phenoxy) is 1. The summed E-state index contributed by atoms with van der Waals surface area (Å²) >= 11 is 0. The third kappa shape index (κ3) is 3.51. The zero-order valence-corrected chi connectivity index (χ0v) is 10.3. The molecule has 1 aliphatic rings. The Hall–Kier alpha value is -1.46. The molecule has 5 nitrogen and oxygen atoms in total. The van der Waals surface area contributed by atoms with Crippen LogP contribution in [0.25, 0.3) is 0 Å². The van der Waals surface area contributed by atoms with E-state index in [1.165, 1.54) is 6.20 Å². The topological polar surface area (TPSA) is 71.5 Å². The third-order valence-corrected chi connectivity index (χ3v) is 3.13. The molecule has 1 aromatic rings. The Morgan fingerprint density at radius 3 is 3.00 bits per heavy atom. The van der Waals surface area contributed by atoms with Crippen LogP contribution in [-0.2, 0) is 11.3 Å². The highest BCUT2D eigenvalue weighted by molar-refractivity contribution is 5.94. The van der Waals surface area contributed by atoms with Gasteiger partial charge < -0.3 is 15.2 Å². The molecule has 0 radical (unpaired) electrons. The minimum absolute atomic E-state index is 0.112. The summed E-state index contributed by atoms with van der Waals surface area (Å²) in [6.45, 7) is 2.09. The van der Waals surface area contributed by atoms with Crippen LogP contribution >= 0.6 is 0 Å². The molecule has 2 N–H and O–H groups in total.